The summed E-state index contributed by atoms with van der Waals surface area (Å²) in [6.07, 6.45) is 0.787. The van der Waals surface area contributed by atoms with Crippen molar-refractivity contribution < 1.29 is 13.7 Å². The highest BCUT2D eigenvalue weighted by Crippen LogP contribution is 2.28. The van der Waals surface area contributed by atoms with Gasteiger partial charge in [-0.2, -0.15) is 16.3 Å². The zero-order valence-electron chi connectivity index (χ0n) is 12.7. The van der Waals surface area contributed by atoms with E-state index in [1.807, 2.05) is 16.8 Å². The highest BCUT2D eigenvalue weighted by atomic mass is 32.1. The fourth-order valence-corrected chi connectivity index (χ4v) is 3.46. The average Bonchev–Trinajstić information content (AvgIpc) is 3.33. The first-order chi connectivity index (χ1) is 11.7. The maximum atomic E-state index is 13.0. The van der Waals surface area contributed by atoms with E-state index >= 15 is 0 Å². The van der Waals surface area contributed by atoms with Crippen molar-refractivity contribution in [2.45, 2.75) is 12.3 Å². The molecule has 0 bridgehead atoms. The number of nitrogens with zero attached hydrogens (tertiary/aromatic N) is 3. The van der Waals surface area contributed by atoms with E-state index in [9.17, 15) is 9.18 Å². The van der Waals surface area contributed by atoms with Crippen LogP contribution >= 0.6 is 11.3 Å². The third kappa shape index (κ3) is 2.82. The number of thiophene rings is 1. The molecule has 0 radical (unpaired) electrons. The van der Waals surface area contributed by atoms with Crippen LogP contribution in [0.2, 0.25) is 0 Å². The molecule has 1 amide bonds. The summed E-state index contributed by atoms with van der Waals surface area (Å²) in [5, 5.41) is 7.97. The number of rotatable bonds is 3. The third-order valence-electron chi connectivity index (χ3n) is 4.14. The molecule has 1 aliphatic rings. The van der Waals surface area contributed by atoms with E-state index in [1.165, 1.54) is 24.3 Å². The Labute approximate surface area is 141 Å². The van der Waals surface area contributed by atoms with Crippen molar-refractivity contribution in [2.24, 2.45) is 0 Å². The van der Waals surface area contributed by atoms with Crippen LogP contribution in [0.4, 0.5) is 4.39 Å². The quantitative estimate of drug-likeness (QED) is 0.729. The zero-order valence-corrected chi connectivity index (χ0v) is 13.5. The van der Waals surface area contributed by atoms with Crippen LogP contribution in [0.1, 0.15) is 28.5 Å². The molecule has 1 aliphatic heterocycles. The molecule has 7 heteroatoms. The lowest BCUT2D eigenvalue weighted by molar-refractivity contribution is 0.0790. The van der Waals surface area contributed by atoms with Gasteiger partial charge in [-0.3, -0.25) is 4.79 Å². The van der Waals surface area contributed by atoms with Gasteiger partial charge >= 0.3 is 0 Å². The summed E-state index contributed by atoms with van der Waals surface area (Å²) in [5.41, 5.74) is 1.40. The smallest absolute Gasteiger partial charge is 0.258 e. The summed E-state index contributed by atoms with van der Waals surface area (Å²) in [6.45, 7) is 1.17. The van der Waals surface area contributed by atoms with E-state index in [2.05, 4.69) is 10.1 Å². The highest BCUT2D eigenvalue weighted by Gasteiger charge is 2.31. The third-order valence-corrected chi connectivity index (χ3v) is 4.82. The summed E-state index contributed by atoms with van der Waals surface area (Å²) in [7, 11) is 0. The molecule has 0 spiro atoms. The second kappa shape index (κ2) is 6.16. The van der Waals surface area contributed by atoms with Crippen molar-refractivity contribution in [1.29, 1.82) is 0 Å². The Morgan fingerprint density at radius 3 is 2.88 bits per heavy atom. The number of amides is 1. The summed E-state index contributed by atoms with van der Waals surface area (Å²) in [4.78, 5) is 18.7. The van der Waals surface area contributed by atoms with Crippen LogP contribution in [0.3, 0.4) is 0 Å². The maximum absolute atomic E-state index is 13.0. The number of hydrogen-bond donors (Lipinski definition) is 0. The van der Waals surface area contributed by atoms with Gasteiger partial charge in [0.1, 0.15) is 5.82 Å². The van der Waals surface area contributed by atoms with E-state index in [4.69, 9.17) is 4.52 Å². The lowest BCUT2D eigenvalue weighted by Crippen LogP contribution is -2.28. The topological polar surface area (TPSA) is 59.2 Å². The molecule has 1 fully saturated rings. The molecule has 0 saturated carbocycles. The number of hydrogen-bond acceptors (Lipinski definition) is 5. The number of benzene rings is 1. The van der Waals surface area contributed by atoms with E-state index in [0.29, 0.717) is 30.4 Å². The van der Waals surface area contributed by atoms with E-state index in [0.717, 1.165) is 12.0 Å². The average molecular weight is 343 g/mol. The minimum absolute atomic E-state index is 0.0607. The van der Waals surface area contributed by atoms with E-state index in [-0.39, 0.29) is 17.6 Å². The fraction of sp³-hybridized carbons (Fsp3) is 0.235. The van der Waals surface area contributed by atoms with Crippen LogP contribution in [0.5, 0.6) is 0 Å². The fourth-order valence-electron chi connectivity index (χ4n) is 2.83. The predicted octanol–water partition coefficient (Wildman–Crippen LogP) is 3.57. The molecule has 0 aliphatic carbocycles. The van der Waals surface area contributed by atoms with E-state index in [1.54, 1.807) is 16.2 Å². The van der Waals surface area contributed by atoms with Gasteiger partial charge in [-0.15, -0.1) is 0 Å². The van der Waals surface area contributed by atoms with Gasteiger partial charge in [0.2, 0.25) is 0 Å². The first kappa shape index (κ1) is 15.0. The number of carbonyl (C=O) groups is 1. The molecule has 5 nitrogen and oxygen atoms in total. The Balaban J connectivity index is 1.46. The number of likely N-dealkylation sites (tertiary alicyclic amines) is 1. The van der Waals surface area contributed by atoms with Gasteiger partial charge < -0.3 is 9.42 Å². The van der Waals surface area contributed by atoms with Crippen LogP contribution in [0.15, 0.2) is 45.6 Å². The lowest BCUT2D eigenvalue weighted by Gasteiger charge is -2.15. The van der Waals surface area contributed by atoms with Gasteiger partial charge in [0.25, 0.3) is 11.8 Å². The SMILES string of the molecule is O=C(c1ccc(F)cc1)N1CC[C@H](c2noc(-c3ccsc3)n2)C1. The monoisotopic (exact) mass is 343 g/mol. The van der Waals surface area contributed by atoms with Crippen molar-refractivity contribution in [1.82, 2.24) is 15.0 Å². The molecular weight excluding hydrogens is 329 g/mol. The lowest BCUT2D eigenvalue weighted by atomic mass is 10.1. The Kier molecular flexibility index (Phi) is 3.86. The number of halogens is 1. The van der Waals surface area contributed by atoms with E-state index < -0.39 is 0 Å². The second-order valence-electron chi connectivity index (χ2n) is 5.71. The molecule has 24 heavy (non-hydrogen) atoms. The molecule has 0 N–H and O–H groups in total. The standard InChI is InChI=1S/C17H14FN3O2S/c18-14-3-1-11(2-4-14)17(22)21-7-5-12(9-21)15-19-16(23-20-15)13-6-8-24-10-13/h1-4,6,8,10,12H,5,7,9H2/t12-/m0/s1. The molecule has 1 atom stereocenters. The molecule has 4 rings (SSSR count). The summed E-state index contributed by atoms with van der Waals surface area (Å²) >= 11 is 1.57. The van der Waals surface area contributed by atoms with Crippen molar-refractivity contribution >= 4 is 17.2 Å². The summed E-state index contributed by atoms with van der Waals surface area (Å²) in [5.74, 6) is 0.753. The van der Waals surface area contributed by atoms with Crippen molar-refractivity contribution in [3.8, 4) is 11.5 Å². The number of carbonyl (C=O) groups excluding carboxylic acids is 1. The van der Waals surface area contributed by atoms with Gasteiger partial charge in [-0.1, -0.05) is 5.16 Å². The van der Waals surface area contributed by atoms with Gasteiger partial charge in [0, 0.05) is 30.0 Å². The Morgan fingerprint density at radius 1 is 1.29 bits per heavy atom. The van der Waals surface area contributed by atoms with Crippen LogP contribution < -0.4 is 0 Å². The first-order valence-electron chi connectivity index (χ1n) is 7.62. The molecule has 2 aromatic heterocycles. The van der Waals surface area contributed by atoms with Crippen LogP contribution in [-0.4, -0.2) is 34.0 Å². The zero-order chi connectivity index (χ0) is 16.5. The Hall–Kier alpha value is -2.54. The van der Waals surface area contributed by atoms with Crippen LogP contribution in [-0.2, 0) is 0 Å². The first-order valence-corrected chi connectivity index (χ1v) is 8.56. The highest BCUT2D eigenvalue weighted by molar-refractivity contribution is 7.08. The van der Waals surface area contributed by atoms with Gasteiger partial charge in [-0.25, -0.2) is 4.39 Å². The summed E-state index contributed by atoms with van der Waals surface area (Å²) < 4.78 is 18.3. The minimum Gasteiger partial charge on any atom is -0.338 e. The Morgan fingerprint density at radius 2 is 2.12 bits per heavy atom. The minimum atomic E-state index is -0.349. The number of aromatic nitrogens is 2. The summed E-state index contributed by atoms with van der Waals surface area (Å²) in [6, 6.07) is 7.54. The largest absolute Gasteiger partial charge is 0.338 e. The van der Waals surface area contributed by atoms with Crippen molar-refractivity contribution in [3.05, 3.63) is 58.3 Å². The predicted molar refractivity (Wildman–Crippen MR) is 87.3 cm³/mol. The molecule has 122 valence electrons. The molecule has 1 saturated heterocycles. The normalized spacial score (nSPS) is 17.4. The van der Waals surface area contributed by atoms with Gasteiger partial charge in [-0.05, 0) is 42.1 Å². The van der Waals surface area contributed by atoms with Crippen molar-refractivity contribution in [2.75, 3.05) is 13.1 Å². The maximum Gasteiger partial charge on any atom is 0.258 e. The van der Waals surface area contributed by atoms with Crippen LogP contribution in [0.25, 0.3) is 11.5 Å². The molecule has 3 heterocycles. The van der Waals surface area contributed by atoms with Crippen LogP contribution in [0, 0.1) is 5.82 Å². The second-order valence-corrected chi connectivity index (χ2v) is 6.49. The van der Waals surface area contributed by atoms with Gasteiger partial charge in [0.05, 0.1) is 5.56 Å². The van der Waals surface area contributed by atoms with Crippen molar-refractivity contribution in [3.63, 3.8) is 0 Å². The van der Waals surface area contributed by atoms with Gasteiger partial charge in [0.15, 0.2) is 5.82 Å². The molecule has 0 unspecified atom stereocenters. The molecule has 1 aromatic carbocycles. The molecule has 3 aromatic rings. The Bertz CT molecular complexity index is 845. The molecular formula is C17H14FN3O2S.